The van der Waals surface area contributed by atoms with E-state index < -0.39 is 17.6 Å². The lowest BCUT2D eigenvalue weighted by Crippen LogP contribution is -2.12. The zero-order valence-electron chi connectivity index (χ0n) is 23.7. The summed E-state index contributed by atoms with van der Waals surface area (Å²) < 4.78 is 42.5. The lowest BCUT2D eigenvalue weighted by molar-refractivity contribution is 0.0601. The molecule has 0 radical (unpaired) electrons. The van der Waals surface area contributed by atoms with Gasteiger partial charge in [-0.1, -0.05) is 24.3 Å². The molecule has 5 aromatic rings. The Morgan fingerprint density at radius 1 is 1.02 bits per heavy atom. The molecule has 0 spiro atoms. The topological polar surface area (TPSA) is 90.0 Å². The summed E-state index contributed by atoms with van der Waals surface area (Å²) in [5, 5.41) is 8.93. The van der Waals surface area contributed by atoms with Crippen LogP contribution in [0.3, 0.4) is 0 Å². The Kier molecular flexibility index (Phi) is 7.59. The maximum Gasteiger partial charge on any atom is 0.337 e. The van der Waals surface area contributed by atoms with E-state index >= 15 is 4.39 Å². The molecule has 3 aromatic carbocycles. The Bertz CT molecular complexity index is 1890. The van der Waals surface area contributed by atoms with Gasteiger partial charge in [0.25, 0.3) is 0 Å². The smallest absolute Gasteiger partial charge is 0.337 e. The van der Waals surface area contributed by atoms with Gasteiger partial charge in [0, 0.05) is 29.7 Å². The van der Waals surface area contributed by atoms with E-state index in [1.54, 1.807) is 48.5 Å². The third-order valence-electron chi connectivity index (χ3n) is 7.87. The SMILES string of the molecule is COC(=O)c1ccc2nc(Cc3ccc(-c4cccc(OCc5ccc(C#N)cc5F)n4)cc3F)n([C@@H](C)C3CC3)c2c1. The number of imidazole rings is 1. The number of ether oxygens (including phenoxy) is 2. The van der Waals surface area contributed by atoms with Gasteiger partial charge in [-0.25, -0.2) is 23.5 Å². The van der Waals surface area contributed by atoms with Crippen LogP contribution >= 0.6 is 0 Å². The first-order valence-corrected chi connectivity index (χ1v) is 14.0. The van der Waals surface area contributed by atoms with E-state index in [4.69, 9.17) is 19.7 Å². The minimum Gasteiger partial charge on any atom is -0.473 e. The van der Waals surface area contributed by atoms with Crippen LogP contribution < -0.4 is 4.74 Å². The summed E-state index contributed by atoms with van der Waals surface area (Å²) in [7, 11) is 1.35. The highest BCUT2D eigenvalue weighted by molar-refractivity contribution is 5.93. The lowest BCUT2D eigenvalue weighted by atomic mass is 10.0. The van der Waals surface area contributed by atoms with E-state index in [2.05, 4.69) is 16.5 Å². The molecular formula is C34H28F2N4O3. The minimum atomic E-state index is -0.531. The first-order valence-electron chi connectivity index (χ1n) is 14.0. The van der Waals surface area contributed by atoms with Crippen LogP contribution in [0.25, 0.3) is 22.3 Å². The average molecular weight is 579 g/mol. The predicted molar refractivity (Wildman–Crippen MR) is 156 cm³/mol. The number of hydrogen-bond acceptors (Lipinski definition) is 6. The molecule has 6 rings (SSSR count). The van der Waals surface area contributed by atoms with E-state index in [-0.39, 0.29) is 30.5 Å². The van der Waals surface area contributed by atoms with Crippen LogP contribution in [-0.4, -0.2) is 27.6 Å². The van der Waals surface area contributed by atoms with E-state index in [0.29, 0.717) is 33.9 Å². The van der Waals surface area contributed by atoms with Crippen LogP contribution in [0.2, 0.25) is 0 Å². The number of halogens is 2. The van der Waals surface area contributed by atoms with Gasteiger partial charge in [-0.3, -0.25) is 0 Å². The molecule has 0 N–H and O–H groups in total. The first-order chi connectivity index (χ1) is 20.8. The third kappa shape index (κ3) is 5.82. The number of carbonyl (C=O) groups is 1. The molecule has 0 unspecified atom stereocenters. The van der Waals surface area contributed by atoms with Crippen molar-refractivity contribution < 1.29 is 23.0 Å². The van der Waals surface area contributed by atoms with Gasteiger partial charge in [0.1, 0.15) is 24.1 Å². The van der Waals surface area contributed by atoms with Crippen LogP contribution in [0.1, 0.15) is 58.7 Å². The van der Waals surface area contributed by atoms with Crippen molar-refractivity contribution in [1.82, 2.24) is 14.5 Å². The maximum atomic E-state index is 15.6. The maximum absolute atomic E-state index is 15.6. The molecule has 7 nitrogen and oxygen atoms in total. The normalized spacial score (nSPS) is 13.5. The second-order valence-corrected chi connectivity index (χ2v) is 10.7. The fourth-order valence-corrected chi connectivity index (χ4v) is 5.32. The number of pyridine rings is 1. The second kappa shape index (κ2) is 11.6. The quantitative estimate of drug-likeness (QED) is 0.172. The standard InChI is InChI=1S/C34H28F2N4O3/c1-20(22-8-9-22)40-31-16-25(34(41)42-2)12-13-30(31)38-32(40)17-23-10-11-24(15-28(23)36)29-4-3-5-33(39-29)43-19-26-7-6-21(18-37)14-27(26)35/h3-7,10-16,20,22H,8-9,17,19H2,1-2H3/t20-/m0/s1. The first kappa shape index (κ1) is 28.0. The van der Waals surface area contributed by atoms with Crippen molar-refractivity contribution in [3.63, 3.8) is 0 Å². The van der Waals surface area contributed by atoms with Crippen molar-refractivity contribution in [2.75, 3.05) is 7.11 Å². The summed E-state index contributed by atoms with van der Waals surface area (Å²) in [4.78, 5) is 21.5. The molecule has 0 aliphatic heterocycles. The van der Waals surface area contributed by atoms with Crippen LogP contribution in [0.15, 0.2) is 72.8 Å². The zero-order valence-corrected chi connectivity index (χ0v) is 23.7. The Labute approximate surface area is 247 Å². The Balaban J connectivity index is 1.24. The molecule has 9 heteroatoms. The molecule has 2 heterocycles. The summed E-state index contributed by atoms with van der Waals surface area (Å²) in [5.74, 6) is 0.169. The number of carbonyl (C=O) groups excluding carboxylic acids is 1. The zero-order chi connectivity index (χ0) is 30.1. The summed E-state index contributed by atoms with van der Waals surface area (Å²) in [6.45, 7) is 2.08. The van der Waals surface area contributed by atoms with Gasteiger partial charge < -0.3 is 14.0 Å². The predicted octanol–water partition coefficient (Wildman–Crippen LogP) is 7.18. The van der Waals surface area contributed by atoms with E-state index in [1.165, 1.54) is 25.3 Å². The number of nitriles is 1. The largest absolute Gasteiger partial charge is 0.473 e. The highest BCUT2D eigenvalue weighted by atomic mass is 19.1. The number of rotatable bonds is 9. The highest BCUT2D eigenvalue weighted by Crippen LogP contribution is 2.42. The summed E-state index contributed by atoms with van der Waals surface area (Å²) in [6, 6.07) is 21.6. The summed E-state index contributed by atoms with van der Waals surface area (Å²) in [6.07, 6.45) is 2.52. The van der Waals surface area contributed by atoms with Gasteiger partial charge in [-0.05, 0) is 73.7 Å². The van der Waals surface area contributed by atoms with Crippen LogP contribution in [0.4, 0.5) is 8.78 Å². The van der Waals surface area contributed by atoms with Gasteiger partial charge in [-0.2, -0.15) is 5.26 Å². The fourth-order valence-electron chi connectivity index (χ4n) is 5.32. The van der Waals surface area contributed by atoms with Crippen molar-refractivity contribution in [3.8, 4) is 23.2 Å². The third-order valence-corrected chi connectivity index (χ3v) is 7.87. The van der Waals surface area contributed by atoms with Crippen molar-refractivity contribution in [1.29, 1.82) is 5.26 Å². The van der Waals surface area contributed by atoms with Gasteiger partial charge in [0.05, 0.1) is 41.0 Å². The minimum absolute atomic E-state index is 0.0668. The fraction of sp³-hybridized carbons (Fsp3) is 0.235. The number of methoxy groups -OCH3 is 1. The number of hydrogen-bond donors (Lipinski definition) is 0. The number of esters is 1. The van der Waals surface area contributed by atoms with Crippen molar-refractivity contribution in [2.45, 2.75) is 38.8 Å². The molecule has 1 atom stereocenters. The average Bonchev–Trinajstić information content (AvgIpc) is 3.82. The molecule has 43 heavy (non-hydrogen) atoms. The molecule has 1 fully saturated rings. The second-order valence-electron chi connectivity index (χ2n) is 10.7. The van der Waals surface area contributed by atoms with Crippen LogP contribution in [-0.2, 0) is 17.8 Å². The number of nitrogens with zero attached hydrogens (tertiary/aromatic N) is 4. The Morgan fingerprint density at radius 2 is 1.81 bits per heavy atom. The molecule has 216 valence electrons. The lowest BCUT2D eigenvalue weighted by Gasteiger charge is -2.18. The van der Waals surface area contributed by atoms with Crippen LogP contribution in [0, 0.1) is 28.9 Å². The Morgan fingerprint density at radius 3 is 2.53 bits per heavy atom. The molecule has 0 bridgehead atoms. The van der Waals surface area contributed by atoms with Gasteiger partial charge in [0.2, 0.25) is 5.88 Å². The van der Waals surface area contributed by atoms with Gasteiger partial charge in [-0.15, -0.1) is 0 Å². The van der Waals surface area contributed by atoms with Crippen molar-refractivity contribution in [2.24, 2.45) is 5.92 Å². The summed E-state index contributed by atoms with van der Waals surface area (Å²) in [5.41, 5.74) is 4.11. The molecule has 1 aliphatic rings. The molecule has 1 saturated carbocycles. The van der Waals surface area contributed by atoms with E-state index in [9.17, 15) is 9.18 Å². The molecule has 1 aliphatic carbocycles. The molecule has 0 saturated heterocycles. The highest BCUT2D eigenvalue weighted by Gasteiger charge is 2.32. The van der Waals surface area contributed by atoms with Crippen LogP contribution in [0.5, 0.6) is 5.88 Å². The van der Waals surface area contributed by atoms with Crippen molar-refractivity contribution >= 4 is 17.0 Å². The molecular weight excluding hydrogens is 550 g/mol. The van der Waals surface area contributed by atoms with E-state index in [1.807, 2.05) is 6.07 Å². The Hall–Kier alpha value is -5.10. The van der Waals surface area contributed by atoms with Crippen molar-refractivity contribution in [3.05, 3.63) is 113 Å². The number of aromatic nitrogens is 3. The summed E-state index contributed by atoms with van der Waals surface area (Å²) >= 11 is 0. The van der Waals surface area contributed by atoms with Gasteiger partial charge in [0.15, 0.2) is 0 Å². The molecule has 0 amide bonds. The monoisotopic (exact) mass is 578 g/mol. The van der Waals surface area contributed by atoms with E-state index in [0.717, 1.165) is 35.8 Å². The van der Waals surface area contributed by atoms with Gasteiger partial charge >= 0.3 is 5.97 Å². The molecule has 2 aromatic heterocycles. The number of fused-ring (bicyclic) bond motifs is 1. The number of benzene rings is 3.